The Balaban J connectivity index is 1.85. The average molecular weight is 385 g/mol. The molecule has 0 unspecified atom stereocenters. The predicted molar refractivity (Wildman–Crippen MR) is 106 cm³/mol. The normalized spacial score (nSPS) is 20.4. The molecule has 0 aliphatic carbocycles. The van der Waals surface area contributed by atoms with Crippen molar-refractivity contribution in [3.05, 3.63) is 59.7 Å². The van der Waals surface area contributed by atoms with Crippen LogP contribution in [0.2, 0.25) is 0 Å². The summed E-state index contributed by atoms with van der Waals surface area (Å²) in [4.78, 5) is 0. The first-order valence-electron chi connectivity index (χ1n) is 9.10. The van der Waals surface area contributed by atoms with Gasteiger partial charge in [-0.15, -0.1) is 0 Å². The molecule has 5 nitrogen and oxygen atoms in total. The second kappa shape index (κ2) is 8.22. The SMILES string of the molecule is CC(C)S(=O)(=O)N[C@H]1COCC[C@@H]1c1ccc(-c2ccccc2C#N)cc1. The minimum Gasteiger partial charge on any atom is -0.380 e. The summed E-state index contributed by atoms with van der Waals surface area (Å²) >= 11 is 0. The number of nitrogens with one attached hydrogen (secondary N) is 1. The molecule has 3 rings (SSSR count). The highest BCUT2D eigenvalue weighted by molar-refractivity contribution is 7.90. The number of nitrogens with zero attached hydrogens (tertiary/aromatic N) is 1. The molecule has 0 spiro atoms. The molecule has 6 heteroatoms. The summed E-state index contributed by atoms with van der Waals surface area (Å²) in [5, 5.41) is 8.82. The molecule has 1 fully saturated rings. The van der Waals surface area contributed by atoms with Gasteiger partial charge in [0.1, 0.15) is 0 Å². The summed E-state index contributed by atoms with van der Waals surface area (Å²) in [6.45, 7) is 4.32. The highest BCUT2D eigenvalue weighted by Crippen LogP contribution is 2.31. The van der Waals surface area contributed by atoms with E-state index in [0.29, 0.717) is 18.8 Å². The van der Waals surface area contributed by atoms with E-state index >= 15 is 0 Å². The van der Waals surface area contributed by atoms with Gasteiger partial charge in [-0.05, 0) is 43.0 Å². The lowest BCUT2D eigenvalue weighted by molar-refractivity contribution is 0.0644. The van der Waals surface area contributed by atoms with Crippen LogP contribution in [0.1, 0.15) is 37.3 Å². The van der Waals surface area contributed by atoms with Crippen molar-refractivity contribution >= 4 is 10.0 Å². The number of nitriles is 1. The third kappa shape index (κ3) is 4.38. The van der Waals surface area contributed by atoms with Gasteiger partial charge in [-0.2, -0.15) is 5.26 Å². The van der Waals surface area contributed by atoms with Crippen LogP contribution in [-0.2, 0) is 14.8 Å². The van der Waals surface area contributed by atoms with Crippen molar-refractivity contribution in [2.75, 3.05) is 13.2 Å². The Morgan fingerprint density at radius 2 is 1.85 bits per heavy atom. The quantitative estimate of drug-likeness (QED) is 0.857. The molecule has 0 radical (unpaired) electrons. The third-order valence-corrected chi connectivity index (χ3v) is 6.86. The van der Waals surface area contributed by atoms with Crippen LogP contribution in [0.25, 0.3) is 11.1 Å². The van der Waals surface area contributed by atoms with E-state index in [-0.39, 0.29) is 12.0 Å². The molecular weight excluding hydrogens is 360 g/mol. The number of rotatable bonds is 5. The van der Waals surface area contributed by atoms with Gasteiger partial charge < -0.3 is 4.74 Å². The Kier molecular flexibility index (Phi) is 5.95. The van der Waals surface area contributed by atoms with Gasteiger partial charge in [0.2, 0.25) is 10.0 Å². The largest absolute Gasteiger partial charge is 0.380 e. The van der Waals surface area contributed by atoms with Crippen molar-refractivity contribution in [1.82, 2.24) is 4.72 Å². The number of benzene rings is 2. The number of ether oxygens (including phenoxy) is 1. The van der Waals surface area contributed by atoms with Crippen LogP contribution in [0, 0.1) is 11.3 Å². The van der Waals surface area contributed by atoms with Crippen LogP contribution in [0.5, 0.6) is 0 Å². The Morgan fingerprint density at radius 3 is 2.52 bits per heavy atom. The maximum Gasteiger partial charge on any atom is 0.214 e. The number of hydrogen-bond donors (Lipinski definition) is 1. The van der Waals surface area contributed by atoms with Crippen molar-refractivity contribution in [3.8, 4) is 17.2 Å². The van der Waals surface area contributed by atoms with E-state index in [1.807, 2.05) is 42.5 Å². The second-order valence-corrected chi connectivity index (χ2v) is 9.34. The van der Waals surface area contributed by atoms with Gasteiger partial charge in [0.05, 0.1) is 29.5 Å². The molecule has 1 heterocycles. The average Bonchev–Trinajstić information content (AvgIpc) is 2.68. The van der Waals surface area contributed by atoms with E-state index in [4.69, 9.17) is 4.74 Å². The first kappa shape index (κ1) is 19.6. The minimum atomic E-state index is -3.36. The minimum absolute atomic E-state index is 0.0625. The first-order valence-corrected chi connectivity index (χ1v) is 10.7. The van der Waals surface area contributed by atoms with Gasteiger partial charge in [0.15, 0.2) is 0 Å². The molecule has 2 atom stereocenters. The van der Waals surface area contributed by atoms with Gasteiger partial charge in [-0.3, -0.25) is 0 Å². The van der Waals surface area contributed by atoms with Crippen LogP contribution in [0.3, 0.4) is 0 Å². The summed E-state index contributed by atoms with van der Waals surface area (Å²) in [5.41, 5.74) is 3.59. The van der Waals surface area contributed by atoms with Gasteiger partial charge in [0, 0.05) is 12.5 Å². The topological polar surface area (TPSA) is 79.2 Å². The Hall–Kier alpha value is -2.20. The fourth-order valence-electron chi connectivity index (χ4n) is 3.34. The molecule has 2 aromatic rings. The van der Waals surface area contributed by atoms with Crippen molar-refractivity contribution in [2.45, 2.75) is 37.5 Å². The molecule has 1 aliphatic heterocycles. The van der Waals surface area contributed by atoms with Crippen LogP contribution in [0.15, 0.2) is 48.5 Å². The number of sulfonamides is 1. The lowest BCUT2D eigenvalue weighted by atomic mass is 9.87. The fourth-order valence-corrected chi connectivity index (χ4v) is 4.27. The lowest BCUT2D eigenvalue weighted by Gasteiger charge is -2.33. The zero-order valence-electron chi connectivity index (χ0n) is 15.6. The first-order chi connectivity index (χ1) is 12.9. The molecule has 0 amide bonds. The Bertz CT molecular complexity index is 931. The summed E-state index contributed by atoms with van der Waals surface area (Å²) < 4.78 is 32.9. The zero-order valence-corrected chi connectivity index (χ0v) is 16.4. The molecule has 1 saturated heterocycles. The molecule has 27 heavy (non-hydrogen) atoms. The fraction of sp³-hybridized carbons (Fsp3) is 0.381. The van der Waals surface area contributed by atoms with Crippen molar-refractivity contribution in [1.29, 1.82) is 5.26 Å². The standard InChI is InChI=1S/C21H24N2O3S/c1-15(2)27(24,25)23-21-14-26-12-11-20(21)17-9-7-16(8-10-17)19-6-4-3-5-18(19)13-22/h3-10,15,20-21,23H,11-12,14H2,1-2H3/t20-,21+/m1/s1. The summed E-state index contributed by atoms with van der Waals surface area (Å²) in [6.07, 6.45) is 0.763. The van der Waals surface area contributed by atoms with E-state index in [1.165, 1.54) is 0 Å². The van der Waals surface area contributed by atoms with Crippen LogP contribution >= 0.6 is 0 Å². The smallest absolute Gasteiger partial charge is 0.214 e. The summed E-state index contributed by atoms with van der Waals surface area (Å²) in [5.74, 6) is 0.0625. The Labute approximate surface area is 161 Å². The monoisotopic (exact) mass is 384 g/mol. The highest BCUT2D eigenvalue weighted by Gasteiger charge is 2.31. The maximum absolute atomic E-state index is 12.3. The summed E-state index contributed by atoms with van der Waals surface area (Å²) in [7, 11) is -3.36. The van der Waals surface area contributed by atoms with Gasteiger partial charge in [0.25, 0.3) is 0 Å². The van der Waals surface area contributed by atoms with E-state index in [9.17, 15) is 13.7 Å². The van der Waals surface area contributed by atoms with Crippen molar-refractivity contribution < 1.29 is 13.2 Å². The molecular formula is C21H24N2O3S. The van der Waals surface area contributed by atoms with Gasteiger partial charge >= 0.3 is 0 Å². The second-order valence-electron chi connectivity index (χ2n) is 7.07. The highest BCUT2D eigenvalue weighted by atomic mass is 32.2. The lowest BCUT2D eigenvalue weighted by Crippen LogP contribution is -2.47. The number of hydrogen-bond acceptors (Lipinski definition) is 4. The van der Waals surface area contributed by atoms with E-state index < -0.39 is 15.3 Å². The van der Waals surface area contributed by atoms with Crippen molar-refractivity contribution in [2.24, 2.45) is 0 Å². The van der Waals surface area contributed by atoms with Crippen LogP contribution in [-0.4, -0.2) is 32.9 Å². The van der Waals surface area contributed by atoms with Crippen molar-refractivity contribution in [3.63, 3.8) is 0 Å². The molecule has 0 aromatic heterocycles. The molecule has 0 saturated carbocycles. The molecule has 142 valence electrons. The third-order valence-electron chi connectivity index (χ3n) is 4.99. The summed E-state index contributed by atoms with van der Waals surface area (Å²) in [6, 6.07) is 17.5. The maximum atomic E-state index is 12.3. The zero-order chi connectivity index (χ0) is 19.4. The van der Waals surface area contributed by atoms with Gasteiger partial charge in [-0.1, -0.05) is 42.5 Å². The predicted octanol–water partition coefficient (Wildman–Crippen LogP) is 3.43. The van der Waals surface area contributed by atoms with Gasteiger partial charge in [-0.25, -0.2) is 13.1 Å². The van der Waals surface area contributed by atoms with E-state index in [0.717, 1.165) is 23.1 Å². The van der Waals surface area contributed by atoms with E-state index in [2.05, 4.69) is 10.8 Å². The molecule has 2 aromatic carbocycles. The van der Waals surface area contributed by atoms with Crippen LogP contribution < -0.4 is 4.72 Å². The molecule has 1 aliphatic rings. The van der Waals surface area contributed by atoms with E-state index in [1.54, 1.807) is 19.9 Å². The Morgan fingerprint density at radius 1 is 1.15 bits per heavy atom. The molecule has 0 bridgehead atoms. The molecule has 1 N–H and O–H groups in total. The van der Waals surface area contributed by atoms with Crippen LogP contribution in [0.4, 0.5) is 0 Å².